The number of hydrogen-bond acceptors (Lipinski definition) is 3. The number of rotatable bonds is 4. The molecule has 1 heterocycles. The maximum absolute atomic E-state index is 6.23. The summed E-state index contributed by atoms with van der Waals surface area (Å²) in [6.45, 7) is 3.15. The van der Waals surface area contributed by atoms with Gasteiger partial charge in [0.15, 0.2) is 0 Å². The highest BCUT2D eigenvalue weighted by molar-refractivity contribution is 4.84. The maximum atomic E-state index is 6.23. The third kappa shape index (κ3) is 3.94. The lowest BCUT2D eigenvalue weighted by molar-refractivity contribution is 0.0575. The van der Waals surface area contributed by atoms with Crippen molar-refractivity contribution < 1.29 is 4.74 Å². The van der Waals surface area contributed by atoms with Crippen molar-refractivity contribution in [2.75, 3.05) is 26.8 Å². The first-order valence-corrected chi connectivity index (χ1v) is 7.31. The molecule has 0 radical (unpaired) electrons. The molecule has 0 aromatic heterocycles. The van der Waals surface area contributed by atoms with Crippen molar-refractivity contribution in [1.29, 1.82) is 0 Å². The highest BCUT2D eigenvalue weighted by Gasteiger charge is 2.25. The largest absolute Gasteiger partial charge is 0.381 e. The van der Waals surface area contributed by atoms with E-state index in [9.17, 15) is 0 Å². The van der Waals surface area contributed by atoms with E-state index in [4.69, 9.17) is 10.5 Å². The fourth-order valence-corrected chi connectivity index (χ4v) is 3.27. The lowest BCUT2D eigenvalue weighted by Gasteiger charge is -2.37. The van der Waals surface area contributed by atoms with Crippen LogP contribution in [0.3, 0.4) is 0 Å². The lowest BCUT2D eigenvalue weighted by Crippen LogP contribution is -2.48. The summed E-state index contributed by atoms with van der Waals surface area (Å²) in [4.78, 5) is 2.51. The molecule has 2 unspecified atom stereocenters. The number of nitrogens with two attached hydrogens (primary N) is 1. The molecule has 1 saturated heterocycles. The van der Waals surface area contributed by atoms with Crippen LogP contribution >= 0.6 is 0 Å². The Hall–Kier alpha value is -0.120. The first-order valence-electron chi connectivity index (χ1n) is 7.31. The third-order valence-corrected chi connectivity index (χ3v) is 4.58. The van der Waals surface area contributed by atoms with Gasteiger partial charge in [-0.05, 0) is 51.6 Å². The zero-order chi connectivity index (χ0) is 12.1. The second kappa shape index (κ2) is 6.72. The second-order valence-corrected chi connectivity index (χ2v) is 5.84. The Morgan fingerprint density at radius 1 is 1.12 bits per heavy atom. The Labute approximate surface area is 106 Å². The molecule has 2 N–H and O–H groups in total. The van der Waals surface area contributed by atoms with Crippen molar-refractivity contribution in [2.45, 2.75) is 57.0 Å². The van der Waals surface area contributed by atoms with E-state index in [0.29, 0.717) is 12.1 Å². The Kier molecular flexibility index (Phi) is 5.26. The van der Waals surface area contributed by atoms with E-state index in [1.54, 1.807) is 0 Å². The monoisotopic (exact) mass is 240 g/mol. The smallest absolute Gasteiger partial charge is 0.0468 e. The Morgan fingerprint density at radius 2 is 1.82 bits per heavy atom. The van der Waals surface area contributed by atoms with Gasteiger partial charge in [0.1, 0.15) is 0 Å². The molecular weight excluding hydrogens is 212 g/mol. The third-order valence-electron chi connectivity index (χ3n) is 4.58. The Bertz CT molecular complexity index is 216. The van der Waals surface area contributed by atoms with Gasteiger partial charge in [-0.3, -0.25) is 0 Å². The summed E-state index contributed by atoms with van der Waals surface area (Å²) in [7, 11) is 2.26. The van der Waals surface area contributed by atoms with Crippen molar-refractivity contribution in [3.8, 4) is 0 Å². The Balaban J connectivity index is 1.70. The zero-order valence-corrected chi connectivity index (χ0v) is 11.2. The van der Waals surface area contributed by atoms with E-state index in [2.05, 4.69) is 11.9 Å². The van der Waals surface area contributed by atoms with Crippen LogP contribution in [-0.2, 0) is 4.74 Å². The summed E-state index contributed by atoms with van der Waals surface area (Å²) in [5, 5.41) is 0. The van der Waals surface area contributed by atoms with Crippen molar-refractivity contribution in [3.05, 3.63) is 0 Å². The molecule has 0 amide bonds. The number of nitrogens with zero attached hydrogens (tertiary/aromatic N) is 1. The average molecular weight is 240 g/mol. The van der Waals surface area contributed by atoms with Crippen LogP contribution in [-0.4, -0.2) is 43.8 Å². The summed E-state index contributed by atoms with van der Waals surface area (Å²) in [5.74, 6) is 0.881. The van der Waals surface area contributed by atoms with Crippen LogP contribution in [0.15, 0.2) is 0 Å². The van der Waals surface area contributed by atoms with E-state index in [-0.39, 0.29) is 0 Å². The van der Waals surface area contributed by atoms with Gasteiger partial charge in [-0.2, -0.15) is 0 Å². The molecule has 3 nitrogen and oxygen atoms in total. The molecule has 1 aliphatic carbocycles. The number of likely N-dealkylation sites (N-methyl/N-ethyl adjacent to an activating group) is 1. The second-order valence-electron chi connectivity index (χ2n) is 5.84. The van der Waals surface area contributed by atoms with Crippen LogP contribution in [0.1, 0.15) is 44.9 Å². The van der Waals surface area contributed by atoms with Gasteiger partial charge in [0.2, 0.25) is 0 Å². The number of hydrogen-bond donors (Lipinski definition) is 1. The van der Waals surface area contributed by atoms with Gasteiger partial charge in [0.05, 0.1) is 0 Å². The van der Waals surface area contributed by atoms with Gasteiger partial charge in [-0.1, -0.05) is 12.8 Å². The first kappa shape index (κ1) is 13.3. The summed E-state index contributed by atoms with van der Waals surface area (Å²) >= 11 is 0. The fourth-order valence-electron chi connectivity index (χ4n) is 3.27. The van der Waals surface area contributed by atoms with Gasteiger partial charge in [-0.25, -0.2) is 0 Å². The molecule has 1 aliphatic heterocycles. The molecule has 3 heteroatoms. The van der Waals surface area contributed by atoms with Crippen LogP contribution in [0.25, 0.3) is 0 Å². The van der Waals surface area contributed by atoms with Crippen molar-refractivity contribution in [2.24, 2.45) is 11.7 Å². The maximum Gasteiger partial charge on any atom is 0.0468 e. The molecule has 1 saturated carbocycles. The molecule has 0 aromatic rings. The van der Waals surface area contributed by atoms with Crippen molar-refractivity contribution in [3.63, 3.8) is 0 Å². The average Bonchev–Trinajstić information content (AvgIpc) is 2.38. The molecule has 0 aromatic carbocycles. The summed E-state index contributed by atoms with van der Waals surface area (Å²) in [5.41, 5.74) is 6.23. The SMILES string of the molecule is CN(CCC1CCOCC1)C1CCCCC1N. The van der Waals surface area contributed by atoms with Crippen molar-refractivity contribution in [1.82, 2.24) is 4.90 Å². The first-order chi connectivity index (χ1) is 8.27. The minimum Gasteiger partial charge on any atom is -0.381 e. The van der Waals surface area contributed by atoms with Gasteiger partial charge in [0, 0.05) is 25.3 Å². The van der Waals surface area contributed by atoms with E-state index in [1.807, 2.05) is 0 Å². The number of ether oxygens (including phenoxy) is 1. The van der Waals surface area contributed by atoms with E-state index in [1.165, 1.54) is 51.5 Å². The highest BCUT2D eigenvalue weighted by Crippen LogP contribution is 2.23. The van der Waals surface area contributed by atoms with Crippen LogP contribution in [0.4, 0.5) is 0 Å². The van der Waals surface area contributed by atoms with Gasteiger partial charge in [-0.15, -0.1) is 0 Å². The molecule has 2 aliphatic rings. The summed E-state index contributed by atoms with van der Waals surface area (Å²) in [6, 6.07) is 1.03. The van der Waals surface area contributed by atoms with Crippen LogP contribution < -0.4 is 5.73 Å². The molecule has 0 spiro atoms. The lowest BCUT2D eigenvalue weighted by atomic mass is 9.89. The summed E-state index contributed by atoms with van der Waals surface area (Å²) in [6.07, 6.45) is 9.03. The van der Waals surface area contributed by atoms with Gasteiger partial charge in [0.25, 0.3) is 0 Å². The van der Waals surface area contributed by atoms with Crippen LogP contribution in [0, 0.1) is 5.92 Å². The fraction of sp³-hybridized carbons (Fsp3) is 1.00. The summed E-state index contributed by atoms with van der Waals surface area (Å²) < 4.78 is 5.41. The predicted molar refractivity (Wildman–Crippen MR) is 71.0 cm³/mol. The molecule has 2 rings (SSSR count). The molecule has 2 fully saturated rings. The highest BCUT2D eigenvalue weighted by atomic mass is 16.5. The van der Waals surface area contributed by atoms with Crippen molar-refractivity contribution >= 4 is 0 Å². The standard InChI is InChI=1S/C14H28N2O/c1-16(14-5-3-2-4-13(14)15)9-6-12-7-10-17-11-8-12/h12-14H,2-11,15H2,1H3. The molecule has 2 atom stereocenters. The van der Waals surface area contributed by atoms with E-state index < -0.39 is 0 Å². The topological polar surface area (TPSA) is 38.5 Å². The van der Waals surface area contributed by atoms with Crippen LogP contribution in [0.2, 0.25) is 0 Å². The van der Waals surface area contributed by atoms with Gasteiger partial charge >= 0.3 is 0 Å². The Morgan fingerprint density at radius 3 is 2.53 bits per heavy atom. The molecule has 17 heavy (non-hydrogen) atoms. The predicted octanol–water partition coefficient (Wildman–Crippen LogP) is 2.00. The van der Waals surface area contributed by atoms with E-state index in [0.717, 1.165) is 19.1 Å². The minimum atomic E-state index is 0.406. The van der Waals surface area contributed by atoms with Gasteiger partial charge < -0.3 is 15.4 Å². The molecular formula is C14H28N2O. The molecule has 100 valence electrons. The molecule has 0 bridgehead atoms. The minimum absolute atomic E-state index is 0.406. The van der Waals surface area contributed by atoms with Crippen LogP contribution in [0.5, 0.6) is 0 Å². The van der Waals surface area contributed by atoms with E-state index >= 15 is 0 Å². The quantitative estimate of drug-likeness (QED) is 0.817. The normalized spacial score (nSPS) is 31.9. The zero-order valence-electron chi connectivity index (χ0n) is 11.2.